The van der Waals surface area contributed by atoms with Crippen molar-refractivity contribution in [1.82, 2.24) is 19.9 Å². The standard InChI is InChI=1S/C26H23N5O2S/c32-24(15-20(18-7-3-1-4-8-18)19-9-5-2-6-10-19)31-14-11-21-23(17-31)34-26(29-21)30-25(33)22-16-27-12-13-28-22/h1-10,12-13,16,20H,11,14-15,17H2,(H,29,30,33). The van der Waals surface area contributed by atoms with E-state index in [-0.39, 0.29) is 23.4 Å². The molecule has 0 radical (unpaired) electrons. The number of nitrogens with one attached hydrogen (secondary N) is 1. The number of aromatic nitrogens is 3. The van der Waals surface area contributed by atoms with E-state index in [9.17, 15) is 9.59 Å². The van der Waals surface area contributed by atoms with Crippen molar-refractivity contribution in [1.29, 1.82) is 0 Å². The molecule has 0 atom stereocenters. The second-order valence-electron chi connectivity index (χ2n) is 8.08. The number of thiazole rings is 1. The van der Waals surface area contributed by atoms with Crippen LogP contribution in [0.1, 0.15) is 44.5 Å². The van der Waals surface area contributed by atoms with Crippen LogP contribution in [-0.4, -0.2) is 38.2 Å². The Balaban J connectivity index is 1.29. The lowest BCUT2D eigenvalue weighted by Gasteiger charge is -2.28. The van der Waals surface area contributed by atoms with E-state index in [2.05, 4.69) is 44.5 Å². The first kappa shape index (κ1) is 21.9. The van der Waals surface area contributed by atoms with Gasteiger partial charge in [-0.3, -0.25) is 19.9 Å². The lowest BCUT2D eigenvalue weighted by molar-refractivity contribution is -0.132. The van der Waals surface area contributed by atoms with Crippen LogP contribution in [-0.2, 0) is 17.8 Å². The molecule has 0 spiro atoms. The van der Waals surface area contributed by atoms with Crippen molar-refractivity contribution in [2.45, 2.75) is 25.3 Å². The summed E-state index contributed by atoms with van der Waals surface area (Å²) in [6, 6.07) is 20.3. The van der Waals surface area contributed by atoms with Crippen molar-refractivity contribution in [2.24, 2.45) is 0 Å². The molecule has 1 aliphatic rings. The summed E-state index contributed by atoms with van der Waals surface area (Å²) in [4.78, 5) is 41.1. The first-order chi connectivity index (χ1) is 16.7. The van der Waals surface area contributed by atoms with Gasteiger partial charge in [-0.05, 0) is 11.1 Å². The fraction of sp³-hybridized carbons (Fsp3) is 0.192. The minimum absolute atomic E-state index is 0.000381. The molecule has 2 aromatic heterocycles. The minimum atomic E-state index is -0.347. The zero-order valence-corrected chi connectivity index (χ0v) is 19.2. The maximum atomic E-state index is 13.4. The highest BCUT2D eigenvalue weighted by Gasteiger charge is 2.27. The number of hydrogen-bond donors (Lipinski definition) is 1. The van der Waals surface area contributed by atoms with Crippen LogP contribution in [0.5, 0.6) is 0 Å². The summed E-state index contributed by atoms with van der Waals surface area (Å²) in [7, 11) is 0. The van der Waals surface area contributed by atoms with Gasteiger partial charge in [-0.1, -0.05) is 72.0 Å². The van der Waals surface area contributed by atoms with Gasteiger partial charge in [0.15, 0.2) is 5.13 Å². The molecule has 4 aromatic rings. The Bertz CT molecular complexity index is 1240. The van der Waals surface area contributed by atoms with Crippen LogP contribution in [0.4, 0.5) is 5.13 Å². The highest BCUT2D eigenvalue weighted by molar-refractivity contribution is 7.15. The molecule has 0 saturated carbocycles. The summed E-state index contributed by atoms with van der Waals surface area (Å²) in [5.41, 5.74) is 3.43. The molecule has 3 heterocycles. The van der Waals surface area contributed by atoms with Crippen LogP contribution in [0.15, 0.2) is 79.3 Å². The van der Waals surface area contributed by atoms with Gasteiger partial charge in [0.25, 0.3) is 5.91 Å². The van der Waals surface area contributed by atoms with Gasteiger partial charge in [0, 0.05) is 42.6 Å². The fourth-order valence-electron chi connectivity index (χ4n) is 4.14. The second kappa shape index (κ2) is 9.93. The van der Waals surface area contributed by atoms with Crippen molar-refractivity contribution >= 4 is 28.3 Å². The molecule has 0 bridgehead atoms. The Labute approximate surface area is 201 Å². The molecule has 8 heteroatoms. The van der Waals surface area contributed by atoms with E-state index < -0.39 is 0 Å². The van der Waals surface area contributed by atoms with Crippen LogP contribution in [0, 0.1) is 0 Å². The zero-order valence-electron chi connectivity index (χ0n) is 18.4. The third kappa shape index (κ3) is 4.87. The van der Waals surface area contributed by atoms with Gasteiger partial charge in [0.1, 0.15) is 5.69 Å². The van der Waals surface area contributed by atoms with Gasteiger partial charge in [-0.2, -0.15) is 0 Å². The number of fused-ring (bicyclic) bond motifs is 1. The molecule has 0 saturated heterocycles. The molecule has 2 amide bonds. The van der Waals surface area contributed by atoms with Crippen LogP contribution in [0.3, 0.4) is 0 Å². The Hall–Kier alpha value is -3.91. The highest BCUT2D eigenvalue weighted by Crippen LogP contribution is 2.32. The van der Waals surface area contributed by atoms with Crippen LogP contribution in [0.25, 0.3) is 0 Å². The lowest BCUT2D eigenvalue weighted by Crippen LogP contribution is -2.36. The maximum absolute atomic E-state index is 13.4. The summed E-state index contributed by atoms with van der Waals surface area (Å²) < 4.78 is 0. The molecular weight excluding hydrogens is 446 g/mol. The molecule has 34 heavy (non-hydrogen) atoms. The van der Waals surface area contributed by atoms with Crippen LogP contribution in [0.2, 0.25) is 0 Å². The van der Waals surface area contributed by atoms with Crippen LogP contribution >= 0.6 is 11.3 Å². The normalized spacial score (nSPS) is 12.9. The Morgan fingerprint density at radius 2 is 1.71 bits per heavy atom. The maximum Gasteiger partial charge on any atom is 0.277 e. The van der Waals surface area contributed by atoms with Gasteiger partial charge in [0.05, 0.1) is 18.4 Å². The molecule has 0 aliphatic carbocycles. The third-order valence-electron chi connectivity index (χ3n) is 5.88. The summed E-state index contributed by atoms with van der Waals surface area (Å²) in [5, 5.41) is 3.31. The summed E-state index contributed by atoms with van der Waals surface area (Å²) >= 11 is 1.41. The average Bonchev–Trinajstić information content (AvgIpc) is 3.30. The van der Waals surface area contributed by atoms with Crippen LogP contribution < -0.4 is 5.32 Å². The first-order valence-corrected chi connectivity index (χ1v) is 11.9. The lowest BCUT2D eigenvalue weighted by atomic mass is 9.88. The quantitative estimate of drug-likeness (QED) is 0.455. The van der Waals surface area contributed by atoms with Crippen molar-refractivity contribution in [3.05, 3.63) is 107 Å². The summed E-state index contributed by atoms with van der Waals surface area (Å²) in [5.74, 6) is -0.234. The number of carbonyl (C=O) groups is 2. The highest BCUT2D eigenvalue weighted by atomic mass is 32.1. The molecular formula is C26H23N5O2S. The number of nitrogens with zero attached hydrogens (tertiary/aromatic N) is 4. The smallest absolute Gasteiger partial charge is 0.277 e. The van der Waals surface area contributed by atoms with E-state index in [1.165, 1.54) is 29.9 Å². The largest absolute Gasteiger partial charge is 0.337 e. The summed E-state index contributed by atoms with van der Waals surface area (Å²) in [6.07, 6.45) is 5.48. The van der Waals surface area contributed by atoms with E-state index in [4.69, 9.17) is 0 Å². The molecule has 1 N–H and O–H groups in total. The predicted molar refractivity (Wildman–Crippen MR) is 131 cm³/mol. The van der Waals surface area contributed by atoms with E-state index >= 15 is 0 Å². The number of rotatable bonds is 6. The first-order valence-electron chi connectivity index (χ1n) is 11.1. The van der Waals surface area contributed by atoms with Crippen molar-refractivity contribution < 1.29 is 9.59 Å². The molecule has 170 valence electrons. The average molecular weight is 470 g/mol. The molecule has 2 aromatic carbocycles. The molecule has 0 unspecified atom stereocenters. The monoisotopic (exact) mass is 469 g/mol. The van der Waals surface area contributed by atoms with Gasteiger partial charge in [-0.25, -0.2) is 9.97 Å². The number of benzene rings is 2. The Morgan fingerprint density at radius 3 is 2.35 bits per heavy atom. The number of anilines is 1. The van der Waals surface area contributed by atoms with Gasteiger partial charge >= 0.3 is 0 Å². The number of amides is 2. The molecule has 1 aliphatic heterocycles. The number of hydrogen-bond acceptors (Lipinski definition) is 6. The molecule has 7 nitrogen and oxygen atoms in total. The predicted octanol–water partition coefficient (Wildman–Crippen LogP) is 4.29. The summed E-state index contributed by atoms with van der Waals surface area (Å²) in [6.45, 7) is 1.12. The van der Waals surface area contributed by atoms with E-state index in [1.54, 1.807) is 0 Å². The SMILES string of the molecule is O=C(Nc1nc2c(s1)CN(C(=O)CC(c1ccccc1)c1ccccc1)CC2)c1cnccn1. The topological polar surface area (TPSA) is 88.1 Å². The second-order valence-corrected chi connectivity index (χ2v) is 9.16. The van der Waals surface area contributed by atoms with E-state index in [0.717, 1.165) is 21.7 Å². The van der Waals surface area contributed by atoms with Crippen molar-refractivity contribution in [2.75, 3.05) is 11.9 Å². The van der Waals surface area contributed by atoms with Gasteiger partial charge < -0.3 is 4.90 Å². The Kier molecular flexibility index (Phi) is 6.40. The Morgan fingerprint density at radius 1 is 1.00 bits per heavy atom. The van der Waals surface area contributed by atoms with Gasteiger partial charge in [-0.15, -0.1) is 0 Å². The number of carbonyl (C=O) groups excluding carboxylic acids is 2. The third-order valence-corrected chi connectivity index (χ3v) is 6.88. The fourth-order valence-corrected chi connectivity index (χ4v) is 5.16. The molecule has 5 rings (SSSR count). The minimum Gasteiger partial charge on any atom is -0.337 e. The van der Waals surface area contributed by atoms with Crippen molar-refractivity contribution in [3.8, 4) is 0 Å². The van der Waals surface area contributed by atoms with E-state index in [1.807, 2.05) is 41.3 Å². The van der Waals surface area contributed by atoms with E-state index in [0.29, 0.717) is 31.1 Å². The van der Waals surface area contributed by atoms with Gasteiger partial charge in [0.2, 0.25) is 5.91 Å². The zero-order chi connectivity index (χ0) is 23.3. The van der Waals surface area contributed by atoms with Crippen molar-refractivity contribution in [3.63, 3.8) is 0 Å². The molecule has 0 fully saturated rings.